The normalized spacial score (nSPS) is 15.2. The topological polar surface area (TPSA) is 3.24 Å². The van der Waals surface area contributed by atoms with Gasteiger partial charge in [0.1, 0.15) is 0 Å². The zero-order valence-corrected chi connectivity index (χ0v) is 37.0. The lowest BCUT2D eigenvalue weighted by molar-refractivity contribution is 0.563. The van der Waals surface area contributed by atoms with Crippen LogP contribution in [0.5, 0.6) is 0 Å². The van der Waals surface area contributed by atoms with Crippen molar-refractivity contribution >= 4 is 17.1 Å². The highest BCUT2D eigenvalue weighted by Crippen LogP contribution is 2.64. The van der Waals surface area contributed by atoms with Gasteiger partial charge in [-0.2, -0.15) is 0 Å². The number of rotatable bonds is 4. The van der Waals surface area contributed by atoms with Crippen LogP contribution in [0.2, 0.25) is 0 Å². The largest absolute Gasteiger partial charge is 0.310 e. The summed E-state index contributed by atoms with van der Waals surface area (Å²) in [5.41, 5.74) is 26.3. The highest BCUT2D eigenvalue weighted by atomic mass is 15.1. The SMILES string of the molecule is CC1(C)c2ccccc2C2(c3ccccc3-c3ccc(N(c4ccccc4)c4ccc(-c5ccc6c(c5)C5(c7ccccc7-c7ccccc75)c5ccccc5-6)cc4)cc32)c2ccccc21. The van der Waals surface area contributed by atoms with Gasteiger partial charge in [0.2, 0.25) is 0 Å². The van der Waals surface area contributed by atoms with Gasteiger partial charge in [0.25, 0.3) is 0 Å². The summed E-state index contributed by atoms with van der Waals surface area (Å²) in [4.78, 5) is 2.44. The average Bonchev–Trinajstić information content (AvgIpc) is 3.96. The fourth-order valence-electron chi connectivity index (χ4n) is 13.1. The Hall–Kier alpha value is -8.00. The zero-order chi connectivity index (χ0) is 43.8. The molecule has 4 aliphatic rings. The molecule has 0 aromatic heterocycles. The number of benzene rings is 10. The van der Waals surface area contributed by atoms with Gasteiger partial charge < -0.3 is 4.90 Å². The van der Waals surface area contributed by atoms with E-state index in [1.54, 1.807) is 0 Å². The summed E-state index contributed by atoms with van der Waals surface area (Å²) in [5.74, 6) is 0. The van der Waals surface area contributed by atoms with Crippen LogP contribution in [0.3, 0.4) is 0 Å². The van der Waals surface area contributed by atoms with Crippen LogP contribution in [-0.2, 0) is 16.2 Å². The minimum Gasteiger partial charge on any atom is -0.310 e. The lowest BCUT2D eigenvalue weighted by Gasteiger charge is -2.46. The summed E-state index contributed by atoms with van der Waals surface area (Å²) in [6, 6.07) is 89.2. The molecule has 0 radical (unpaired) electrons. The number of anilines is 3. The number of hydrogen-bond donors (Lipinski definition) is 0. The van der Waals surface area contributed by atoms with Crippen molar-refractivity contribution in [3.8, 4) is 44.5 Å². The van der Waals surface area contributed by atoms with Gasteiger partial charge in [-0.3, -0.25) is 0 Å². The molecule has 0 heterocycles. The Morgan fingerprint density at radius 2 is 0.576 bits per heavy atom. The van der Waals surface area contributed by atoms with E-state index in [1.807, 2.05) is 0 Å². The number of nitrogens with zero attached hydrogens (tertiary/aromatic N) is 1. The summed E-state index contributed by atoms with van der Waals surface area (Å²) in [6.07, 6.45) is 0. The third-order valence-corrected chi connectivity index (χ3v) is 15.8. The van der Waals surface area contributed by atoms with Crippen molar-refractivity contribution in [1.29, 1.82) is 0 Å². The molecule has 1 heteroatoms. The lowest BCUT2D eigenvalue weighted by Crippen LogP contribution is -2.40. The second-order valence-corrected chi connectivity index (χ2v) is 19.1. The molecule has 0 fully saturated rings. The molecule has 10 aromatic carbocycles. The van der Waals surface area contributed by atoms with Crippen LogP contribution in [0, 0.1) is 0 Å². The molecule has 0 unspecified atom stereocenters. The first kappa shape index (κ1) is 37.4. The van der Waals surface area contributed by atoms with Crippen molar-refractivity contribution in [3.63, 3.8) is 0 Å². The van der Waals surface area contributed by atoms with Crippen molar-refractivity contribution < 1.29 is 0 Å². The molecule has 0 N–H and O–H groups in total. The molecule has 0 bridgehead atoms. The molecule has 0 saturated heterocycles. The Kier molecular flexibility index (Phi) is 7.66. The second kappa shape index (κ2) is 13.5. The summed E-state index contributed by atoms with van der Waals surface area (Å²) in [6.45, 7) is 4.78. The molecule has 66 heavy (non-hydrogen) atoms. The van der Waals surface area contributed by atoms with Crippen molar-refractivity contribution in [2.75, 3.05) is 4.90 Å². The highest BCUT2D eigenvalue weighted by molar-refractivity contribution is 5.96. The van der Waals surface area contributed by atoms with Crippen LogP contribution in [0.4, 0.5) is 17.1 Å². The number of para-hydroxylation sites is 1. The predicted molar refractivity (Wildman–Crippen MR) is 272 cm³/mol. The summed E-state index contributed by atoms with van der Waals surface area (Å²) in [5, 5.41) is 0. The third kappa shape index (κ3) is 4.69. The van der Waals surface area contributed by atoms with E-state index < -0.39 is 5.41 Å². The molecule has 10 aromatic rings. The number of hydrogen-bond acceptors (Lipinski definition) is 1. The van der Waals surface area contributed by atoms with Crippen LogP contribution in [0.15, 0.2) is 237 Å². The van der Waals surface area contributed by atoms with Crippen molar-refractivity contribution in [2.24, 2.45) is 0 Å². The van der Waals surface area contributed by atoms with Crippen LogP contribution >= 0.6 is 0 Å². The van der Waals surface area contributed by atoms with Gasteiger partial charge in [-0.05, 0) is 143 Å². The first-order valence-electron chi connectivity index (χ1n) is 23.3. The minimum absolute atomic E-state index is 0.152. The quantitative estimate of drug-likeness (QED) is 0.171. The first-order chi connectivity index (χ1) is 32.5. The lowest BCUT2D eigenvalue weighted by atomic mass is 9.55. The molecule has 310 valence electrons. The van der Waals surface area contributed by atoms with Gasteiger partial charge in [0.15, 0.2) is 0 Å². The molecular formula is C65H45N. The minimum atomic E-state index is -0.470. The maximum atomic E-state index is 2.50. The van der Waals surface area contributed by atoms with Crippen LogP contribution < -0.4 is 4.90 Å². The van der Waals surface area contributed by atoms with E-state index in [9.17, 15) is 0 Å². The van der Waals surface area contributed by atoms with Crippen LogP contribution in [0.1, 0.15) is 69.5 Å². The van der Waals surface area contributed by atoms with Gasteiger partial charge in [0, 0.05) is 22.5 Å². The molecular weight excluding hydrogens is 795 g/mol. The van der Waals surface area contributed by atoms with Crippen molar-refractivity contribution in [1.82, 2.24) is 0 Å². The van der Waals surface area contributed by atoms with E-state index in [0.717, 1.165) is 17.1 Å². The Labute approximate surface area is 387 Å². The van der Waals surface area contributed by atoms with E-state index in [-0.39, 0.29) is 10.8 Å². The standard InChI is InChI=1S/C65H45N/c1-63(2)57-28-14-16-30-59(57)65(60-31-17-15-29-58(60)63)56-27-13-9-23-50(56)52-39-37-46(41-62(52)65)66(44-18-4-3-5-19-44)45-35-32-42(33-36-45)43-34-38-51-49-22-8-12-26-55(49)64(61(51)40-43)53-24-10-6-20-47(53)48-21-7-11-25-54(48)64/h3-41H,1-2H3. The molecule has 1 nitrogen and oxygen atoms in total. The van der Waals surface area contributed by atoms with E-state index >= 15 is 0 Å². The predicted octanol–water partition coefficient (Wildman–Crippen LogP) is 16.2. The zero-order valence-electron chi connectivity index (χ0n) is 37.0. The molecule has 0 saturated carbocycles. The summed E-state index contributed by atoms with van der Waals surface area (Å²) < 4.78 is 0. The van der Waals surface area contributed by atoms with E-state index in [4.69, 9.17) is 0 Å². The molecule has 4 aliphatic carbocycles. The smallest absolute Gasteiger partial charge is 0.0725 e. The first-order valence-corrected chi connectivity index (χ1v) is 23.3. The molecule has 0 amide bonds. The van der Waals surface area contributed by atoms with Crippen LogP contribution in [0.25, 0.3) is 44.5 Å². The molecule has 2 spiro atoms. The van der Waals surface area contributed by atoms with Gasteiger partial charge in [-0.25, -0.2) is 0 Å². The number of fused-ring (bicyclic) bond motifs is 19. The monoisotopic (exact) mass is 839 g/mol. The van der Waals surface area contributed by atoms with Gasteiger partial charge >= 0.3 is 0 Å². The second-order valence-electron chi connectivity index (χ2n) is 19.1. The fourth-order valence-corrected chi connectivity index (χ4v) is 13.1. The van der Waals surface area contributed by atoms with Crippen molar-refractivity contribution in [3.05, 3.63) is 292 Å². The maximum Gasteiger partial charge on any atom is 0.0725 e. The Morgan fingerprint density at radius 3 is 1.08 bits per heavy atom. The third-order valence-electron chi connectivity index (χ3n) is 15.8. The maximum absolute atomic E-state index is 2.50. The molecule has 0 aliphatic heterocycles. The molecule has 14 rings (SSSR count). The summed E-state index contributed by atoms with van der Waals surface area (Å²) >= 11 is 0. The Balaban J connectivity index is 0.929. The fraction of sp³-hybridized carbons (Fsp3) is 0.0769. The van der Waals surface area contributed by atoms with E-state index in [2.05, 4.69) is 255 Å². The Morgan fingerprint density at radius 1 is 0.242 bits per heavy atom. The van der Waals surface area contributed by atoms with Gasteiger partial charge in [0.05, 0.1) is 10.8 Å². The molecule has 0 atom stereocenters. The van der Waals surface area contributed by atoms with E-state index in [0.29, 0.717) is 0 Å². The van der Waals surface area contributed by atoms with Crippen LogP contribution in [-0.4, -0.2) is 0 Å². The highest BCUT2D eigenvalue weighted by Gasteiger charge is 2.54. The van der Waals surface area contributed by atoms with Gasteiger partial charge in [-0.1, -0.05) is 208 Å². The Bertz CT molecular complexity index is 3520. The van der Waals surface area contributed by atoms with Gasteiger partial charge in [-0.15, -0.1) is 0 Å². The summed E-state index contributed by atoms with van der Waals surface area (Å²) in [7, 11) is 0. The average molecular weight is 840 g/mol. The van der Waals surface area contributed by atoms with E-state index in [1.165, 1.54) is 100 Å². The van der Waals surface area contributed by atoms with Crippen molar-refractivity contribution in [2.45, 2.75) is 30.1 Å².